The Hall–Kier alpha value is -2.27. The number of benzene rings is 1. The zero-order valence-electron chi connectivity index (χ0n) is 12.0. The molecule has 1 aromatic heterocycles. The van der Waals surface area contributed by atoms with Crippen LogP contribution in [-0.2, 0) is 4.79 Å². The van der Waals surface area contributed by atoms with E-state index in [4.69, 9.17) is 0 Å². The smallest absolute Gasteiger partial charge is 0.320 e. The summed E-state index contributed by atoms with van der Waals surface area (Å²) in [5.41, 5.74) is 1.86. The topological polar surface area (TPSA) is 53.4 Å². The van der Waals surface area contributed by atoms with E-state index in [9.17, 15) is 14.3 Å². The number of rotatable bonds is 4. The lowest BCUT2D eigenvalue weighted by Gasteiger charge is -2.31. The fourth-order valence-electron chi connectivity index (χ4n) is 3.13. The van der Waals surface area contributed by atoms with Gasteiger partial charge >= 0.3 is 5.97 Å². The number of carboxylic acid groups (broad SMARTS) is 1. The Labute approximate surface area is 128 Å². The van der Waals surface area contributed by atoms with E-state index < -0.39 is 12.0 Å². The third-order valence-electron chi connectivity index (χ3n) is 4.12. The number of aromatic nitrogens is 1. The van der Waals surface area contributed by atoms with E-state index in [1.54, 1.807) is 24.5 Å². The summed E-state index contributed by atoms with van der Waals surface area (Å²) >= 11 is 0. The van der Waals surface area contributed by atoms with Gasteiger partial charge in [0.15, 0.2) is 0 Å². The van der Waals surface area contributed by atoms with Crippen molar-refractivity contribution in [2.24, 2.45) is 0 Å². The fraction of sp³-hybridized carbons (Fsp3) is 0.294. The molecule has 1 aliphatic rings. The predicted octanol–water partition coefficient (Wildman–Crippen LogP) is 2.86. The molecule has 0 saturated carbocycles. The van der Waals surface area contributed by atoms with Crippen LogP contribution < -0.4 is 0 Å². The van der Waals surface area contributed by atoms with Crippen molar-refractivity contribution in [3.05, 3.63) is 65.7 Å². The summed E-state index contributed by atoms with van der Waals surface area (Å²) in [6.07, 6.45) is 4.87. The van der Waals surface area contributed by atoms with Gasteiger partial charge in [-0.15, -0.1) is 0 Å². The van der Waals surface area contributed by atoms with Gasteiger partial charge in [-0.25, -0.2) is 4.39 Å². The average molecular weight is 300 g/mol. The lowest BCUT2D eigenvalue weighted by molar-refractivity contribution is -0.142. The lowest BCUT2D eigenvalue weighted by atomic mass is 9.97. The van der Waals surface area contributed by atoms with Crippen LogP contribution in [0.1, 0.15) is 30.0 Å². The van der Waals surface area contributed by atoms with Crippen molar-refractivity contribution in [2.45, 2.75) is 24.9 Å². The van der Waals surface area contributed by atoms with E-state index in [1.165, 1.54) is 12.1 Å². The molecule has 114 valence electrons. The highest BCUT2D eigenvalue weighted by Gasteiger charge is 2.36. The maximum atomic E-state index is 13.2. The highest BCUT2D eigenvalue weighted by atomic mass is 19.1. The standard InChI is InChI=1S/C17H17FN2O2/c18-14-5-3-12(4-6-14)16(13-7-9-19-10-8-13)20-11-1-2-15(20)17(21)22/h3-10,15-16H,1-2,11H2,(H,21,22). The summed E-state index contributed by atoms with van der Waals surface area (Å²) in [6, 6.07) is 9.31. The van der Waals surface area contributed by atoms with E-state index >= 15 is 0 Å². The van der Waals surface area contributed by atoms with Gasteiger partial charge in [-0.3, -0.25) is 14.7 Å². The lowest BCUT2D eigenvalue weighted by Crippen LogP contribution is -2.39. The molecule has 1 saturated heterocycles. The summed E-state index contributed by atoms with van der Waals surface area (Å²) in [5, 5.41) is 9.46. The highest BCUT2D eigenvalue weighted by Crippen LogP contribution is 2.34. The molecule has 2 aromatic rings. The molecule has 0 bridgehead atoms. The SMILES string of the molecule is O=C(O)C1CCCN1C(c1ccncc1)c1ccc(F)cc1. The van der Waals surface area contributed by atoms with Gasteiger partial charge in [0.25, 0.3) is 0 Å². The van der Waals surface area contributed by atoms with Crippen molar-refractivity contribution in [3.8, 4) is 0 Å². The van der Waals surface area contributed by atoms with Crippen LogP contribution in [0.2, 0.25) is 0 Å². The molecule has 1 N–H and O–H groups in total. The Balaban J connectivity index is 2.03. The van der Waals surface area contributed by atoms with Gasteiger partial charge in [-0.05, 0) is 48.2 Å². The number of hydrogen-bond acceptors (Lipinski definition) is 3. The van der Waals surface area contributed by atoms with Gasteiger partial charge in [0.05, 0.1) is 6.04 Å². The number of pyridine rings is 1. The molecule has 2 atom stereocenters. The highest BCUT2D eigenvalue weighted by molar-refractivity contribution is 5.74. The van der Waals surface area contributed by atoms with Gasteiger partial charge in [0.1, 0.15) is 11.9 Å². The molecule has 0 spiro atoms. The number of halogens is 1. The van der Waals surface area contributed by atoms with Crippen LogP contribution in [0, 0.1) is 5.82 Å². The zero-order chi connectivity index (χ0) is 15.5. The minimum Gasteiger partial charge on any atom is -0.480 e. The van der Waals surface area contributed by atoms with Crippen LogP contribution in [-0.4, -0.2) is 33.5 Å². The minimum atomic E-state index is -0.807. The van der Waals surface area contributed by atoms with Crippen LogP contribution >= 0.6 is 0 Å². The first-order valence-electron chi connectivity index (χ1n) is 7.31. The first kappa shape index (κ1) is 14.7. The molecular formula is C17H17FN2O2. The van der Waals surface area contributed by atoms with E-state index in [-0.39, 0.29) is 11.9 Å². The Morgan fingerprint density at radius 2 is 1.82 bits per heavy atom. The van der Waals surface area contributed by atoms with Crippen molar-refractivity contribution in [3.63, 3.8) is 0 Å². The van der Waals surface area contributed by atoms with E-state index in [0.717, 1.165) is 17.5 Å². The number of nitrogens with zero attached hydrogens (tertiary/aromatic N) is 2. The Morgan fingerprint density at radius 3 is 2.45 bits per heavy atom. The first-order chi connectivity index (χ1) is 10.7. The van der Waals surface area contributed by atoms with E-state index in [1.807, 2.05) is 17.0 Å². The molecule has 2 unspecified atom stereocenters. The second-order valence-corrected chi connectivity index (χ2v) is 5.47. The molecular weight excluding hydrogens is 283 g/mol. The van der Waals surface area contributed by atoms with Crippen LogP contribution in [0.4, 0.5) is 4.39 Å². The largest absolute Gasteiger partial charge is 0.480 e. The van der Waals surface area contributed by atoms with Crippen LogP contribution in [0.3, 0.4) is 0 Å². The van der Waals surface area contributed by atoms with Crippen LogP contribution in [0.25, 0.3) is 0 Å². The second kappa shape index (κ2) is 6.23. The molecule has 1 fully saturated rings. The molecule has 1 aliphatic heterocycles. The van der Waals surface area contributed by atoms with Crippen molar-refractivity contribution < 1.29 is 14.3 Å². The molecule has 4 nitrogen and oxygen atoms in total. The maximum absolute atomic E-state index is 13.2. The zero-order valence-corrected chi connectivity index (χ0v) is 12.0. The van der Waals surface area contributed by atoms with Crippen molar-refractivity contribution >= 4 is 5.97 Å². The van der Waals surface area contributed by atoms with Gasteiger partial charge in [-0.1, -0.05) is 12.1 Å². The Kier molecular flexibility index (Phi) is 4.15. The van der Waals surface area contributed by atoms with Crippen LogP contribution in [0.5, 0.6) is 0 Å². The summed E-state index contributed by atoms with van der Waals surface area (Å²) in [4.78, 5) is 17.5. The fourth-order valence-corrected chi connectivity index (χ4v) is 3.13. The molecule has 0 aliphatic carbocycles. The number of carboxylic acids is 1. The van der Waals surface area contributed by atoms with Crippen molar-refractivity contribution in [1.82, 2.24) is 9.88 Å². The van der Waals surface area contributed by atoms with Gasteiger partial charge in [0.2, 0.25) is 0 Å². The number of hydrogen-bond donors (Lipinski definition) is 1. The van der Waals surface area contributed by atoms with Crippen molar-refractivity contribution in [2.75, 3.05) is 6.54 Å². The summed E-state index contributed by atoms with van der Waals surface area (Å²) in [6.45, 7) is 0.710. The average Bonchev–Trinajstić information content (AvgIpc) is 3.00. The van der Waals surface area contributed by atoms with Gasteiger partial charge in [-0.2, -0.15) is 0 Å². The number of carbonyl (C=O) groups is 1. The third-order valence-corrected chi connectivity index (χ3v) is 4.12. The molecule has 0 radical (unpaired) electrons. The quantitative estimate of drug-likeness (QED) is 0.943. The minimum absolute atomic E-state index is 0.202. The molecule has 22 heavy (non-hydrogen) atoms. The van der Waals surface area contributed by atoms with E-state index in [2.05, 4.69) is 4.98 Å². The van der Waals surface area contributed by atoms with E-state index in [0.29, 0.717) is 13.0 Å². The third kappa shape index (κ3) is 2.85. The van der Waals surface area contributed by atoms with Gasteiger partial charge in [0, 0.05) is 18.9 Å². The monoisotopic (exact) mass is 300 g/mol. The first-order valence-corrected chi connectivity index (χ1v) is 7.31. The predicted molar refractivity (Wildman–Crippen MR) is 79.8 cm³/mol. The summed E-state index contributed by atoms with van der Waals surface area (Å²) < 4.78 is 13.2. The molecule has 2 heterocycles. The maximum Gasteiger partial charge on any atom is 0.320 e. The molecule has 3 rings (SSSR count). The molecule has 0 amide bonds. The molecule has 1 aromatic carbocycles. The van der Waals surface area contributed by atoms with Crippen molar-refractivity contribution in [1.29, 1.82) is 0 Å². The number of aliphatic carboxylic acids is 1. The number of likely N-dealkylation sites (tertiary alicyclic amines) is 1. The van der Waals surface area contributed by atoms with Crippen LogP contribution in [0.15, 0.2) is 48.8 Å². The summed E-state index contributed by atoms with van der Waals surface area (Å²) in [5.74, 6) is -1.10. The van der Waals surface area contributed by atoms with Gasteiger partial charge < -0.3 is 5.11 Å². The summed E-state index contributed by atoms with van der Waals surface area (Å²) in [7, 11) is 0. The Morgan fingerprint density at radius 1 is 1.18 bits per heavy atom. The normalized spacial score (nSPS) is 20.0. The molecule has 5 heteroatoms. The second-order valence-electron chi connectivity index (χ2n) is 5.47. The Bertz CT molecular complexity index is 645.